The number of hydrogen-bond donors (Lipinski definition) is 1. The first-order chi connectivity index (χ1) is 7.50. The first-order valence-corrected chi connectivity index (χ1v) is 5.84. The highest BCUT2D eigenvalue weighted by Crippen LogP contribution is 2.31. The summed E-state index contributed by atoms with van der Waals surface area (Å²) in [6.45, 7) is 4.01. The predicted octanol–water partition coefficient (Wildman–Crippen LogP) is 3.84. The Labute approximate surface area is 102 Å². The highest BCUT2D eigenvalue weighted by Gasteiger charge is 2.12. The first-order valence-electron chi connectivity index (χ1n) is 5.05. The third-order valence-corrected chi connectivity index (χ3v) is 3.16. The SMILES string of the molecule is CC(C)c1cc(N)c2c(Br)ccc(F)c2n1. The zero-order chi connectivity index (χ0) is 11.9. The van der Waals surface area contributed by atoms with Crippen molar-refractivity contribution < 1.29 is 4.39 Å². The quantitative estimate of drug-likeness (QED) is 0.863. The Bertz CT molecular complexity index is 552. The third-order valence-electron chi connectivity index (χ3n) is 2.50. The van der Waals surface area contributed by atoms with Crippen LogP contribution in [-0.4, -0.2) is 4.98 Å². The standard InChI is InChI=1S/C12H12BrFN2/c1-6(2)10-5-9(15)11-7(13)3-4-8(14)12(11)16-10/h3-6H,1-2H3,(H2,15,16). The van der Waals surface area contributed by atoms with Crippen molar-refractivity contribution in [1.29, 1.82) is 0 Å². The lowest BCUT2D eigenvalue weighted by atomic mass is 10.1. The number of nitrogens with two attached hydrogens (primary N) is 1. The molecule has 0 fully saturated rings. The summed E-state index contributed by atoms with van der Waals surface area (Å²) in [6, 6.07) is 4.84. The van der Waals surface area contributed by atoms with Crippen LogP contribution in [0, 0.1) is 5.82 Å². The molecule has 2 N–H and O–H groups in total. The van der Waals surface area contributed by atoms with E-state index in [-0.39, 0.29) is 11.7 Å². The van der Waals surface area contributed by atoms with Crippen molar-refractivity contribution in [3.05, 3.63) is 34.2 Å². The van der Waals surface area contributed by atoms with Crippen LogP contribution in [0.3, 0.4) is 0 Å². The fourth-order valence-electron chi connectivity index (χ4n) is 1.61. The molecule has 0 aliphatic heterocycles. The van der Waals surface area contributed by atoms with Gasteiger partial charge in [-0.3, -0.25) is 0 Å². The van der Waals surface area contributed by atoms with Crippen LogP contribution in [0.5, 0.6) is 0 Å². The van der Waals surface area contributed by atoms with Crippen LogP contribution in [0.25, 0.3) is 10.9 Å². The highest BCUT2D eigenvalue weighted by molar-refractivity contribution is 9.10. The van der Waals surface area contributed by atoms with Crippen molar-refractivity contribution in [2.75, 3.05) is 5.73 Å². The Morgan fingerprint density at radius 2 is 2.06 bits per heavy atom. The average Bonchev–Trinajstić information content (AvgIpc) is 2.22. The molecule has 2 aromatic rings. The number of hydrogen-bond acceptors (Lipinski definition) is 2. The van der Waals surface area contributed by atoms with Gasteiger partial charge in [-0.1, -0.05) is 29.8 Å². The molecule has 1 aromatic carbocycles. The van der Waals surface area contributed by atoms with E-state index in [1.165, 1.54) is 6.07 Å². The van der Waals surface area contributed by atoms with Gasteiger partial charge in [0, 0.05) is 21.2 Å². The van der Waals surface area contributed by atoms with E-state index < -0.39 is 0 Å². The largest absolute Gasteiger partial charge is 0.398 e. The summed E-state index contributed by atoms with van der Waals surface area (Å²) in [5.41, 5.74) is 7.62. The molecule has 0 unspecified atom stereocenters. The summed E-state index contributed by atoms with van der Waals surface area (Å²) in [6.07, 6.45) is 0. The molecule has 0 amide bonds. The summed E-state index contributed by atoms with van der Waals surface area (Å²) in [4.78, 5) is 4.31. The lowest BCUT2D eigenvalue weighted by Crippen LogP contribution is -1.99. The van der Waals surface area contributed by atoms with Crippen LogP contribution in [0.2, 0.25) is 0 Å². The second-order valence-corrected chi connectivity index (χ2v) is 4.90. The fourth-order valence-corrected chi connectivity index (χ4v) is 2.16. The van der Waals surface area contributed by atoms with Crippen LogP contribution >= 0.6 is 15.9 Å². The molecule has 0 atom stereocenters. The van der Waals surface area contributed by atoms with Crippen LogP contribution in [0.1, 0.15) is 25.5 Å². The van der Waals surface area contributed by atoms with E-state index >= 15 is 0 Å². The van der Waals surface area contributed by atoms with Gasteiger partial charge in [0.25, 0.3) is 0 Å². The maximum absolute atomic E-state index is 13.7. The summed E-state index contributed by atoms with van der Waals surface area (Å²) in [5, 5.41) is 0.643. The van der Waals surface area contributed by atoms with Crippen molar-refractivity contribution in [2.24, 2.45) is 0 Å². The summed E-state index contributed by atoms with van der Waals surface area (Å²) in [7, 11) is 0. The highest BCUT2D eigenvalue weighted by atomic mass is 79.9. The molecule has 1 aromatic heterocycles. The maximum Gasteiger partial charge on any atom is 0.149 e. The second kappa shape index (κ2) is 4.01. The van der Waals surface area contributed by atoms with Crippen molar-refractivity contribution in [3.63, 3.8) is 0 Å². The van der Waals surface area contributed by atoms with Gasteiger partial charge in [0.2, 0.25) is 0 Å². The van der Waals surface area contributed by atoms with Crippen molar-refractivity contribution in [2.45, 2.75) is 19.8 Å². The van der Waals surface area contributed by atoms with E-state index in [0.717, 1.165) is 10.2 Å². The molecule has 2 nitrogen and oxygen atoms in total. The molecule has 1 heterocycles. The van der Waals surface area contributed by atoms with Crippen LogP contribution in [0.4, 0.5) is 10.1 Å². The maximum atomic E-state index is 13.7. The molecule has 4 heteroatoms. The molecule has 2 rings (SSSR count). The van der Waals surface area contributed by atoms with Gasteiger partial charge in [0.05, 0.1) is 0 Å². The molecule has 0 saturated carbocycles. The Hall–Kier alpha value is -1.16. The van der Waals surface area contributed by atoms with Gasteiger partial charge in [-0.2, -0.15) is 0 Å². The summed E-state index contributed by atoms with van der Waals surface area (Å²) < 4.78 is 14.4. The molecular formula is C12H12BrFN2. The molecule has 0 radical (unpaired) electrons. The molecular weight excluding hydrogens is 271 g/mol. The smallest absolute Gasteiger partial charge is 0.149 e. The Morgan fingerprint density at radius 3 is 2.69 bits per heavy atom. The lowest BCUT2D eigenvalue weighted by molar-refractivity contribution is 0.635. The summed E-state index contributed by atoms with van der Waals surface area (Å²) in [5.74, 6) is -0.113. The van der Waals surface area contributed by atoms with E-state index in [1.807, 2.05) is 13.8 Å². The number of halogens is 2. The molecule has 0 spiro atoms. The second-order valence-electron chi connectivity index (χ2n) is 4.04. The molecule has 16 heavy (non-hydrogen) atoms. The molecule has 0 aliphatic rings. The number of aromatic nitrogens is 1. The zero-order valence-corrected chi connectivity index (χ0v) is 10.7. The van der Waals surface area contributed by atoms with Gasteiger partial charge in [-0.25, -0.2) is 9.37 Å². The molecule has 0 aliphatic carbocycles. The average molecular weight is 283 g/mol. The van der Waals surface area contributed by atoms with Gasteiger partial charge in [-0.15, -0.1) is 0 Å². The number of pyridine rings is 1. The lowest BCUT2D eigenvalue weighted by Gasteiger charge is -2.10. The van der Waals surface area contributed by atoms with Gasteiger partial charge in [0.15, 0.2) is 0 Å². The minimum absolute atomic E-state index is 0.227. The normalized spacial score (nSPS) is 11.3. The Balaban J connectivity index is 2.86. The number of benzene rings is 1. The van der Waals surface area contributed by atoms with E-state index in [2.05, 4.69) is 20.9 Å². The van der Waals surface area contributed by atoms with Crippen molar-refractivity contribution in [1.82, 2.24) is 4.98 Å². The fraction of sp³-hybridized carbons (Fsp3) is 0.250. The molecule has 0 bridgehead atoms. The van der Waals surface area contributed by atoms with Crippen molar-refractivity contribution in [3.8, 4) is 0 Å². The van der Waals surface area contributed by atoms with Crippen LogP contribution in [-0.2, 0) is 0 Å². The predicted molar refractivity (Wildman–Crippen MR) is 67.9 cm³/mol. The number of anilines is 1. The van der Waals surface area contributed by atoms with Gasteiger partial charge >= 0.3 is 0 Å². The molecule has 0 saturated heterocycles. The van der Waals surface area contributed by atoms with Crippen molar-refractivity contribution >= 4 is 32.5 Å². The van der Waals surface area contributed by atoms with Crippen LogP contribution < -0.4 is 5.73 Å². The summed E-state index contributed by atoms with van der Waals surface area (Å²) >= 11 is 3.36. The zero-order valence-electron chi connectivity index (χ0n) is 9.09. The van der Waals surface area contributed by atoms with E-state index in [4.69, 9.17) is 5.73 Å². The number of rotatable bonds is 1. The topological polar surface area (TPSA) is 38.9 Å². The number of nitrogen functional groups attached to an aromatic ring is 1. The minimum Gasteiger partial charge on any atom is -0.398 e. The third kappa shape index (κ3) is 1.78. The Morgan fingerprint density at radius 1 is 1.38 bits per heavy atom. The van der Waals surface area contributed by atoms with Gasteiger partial charge in [-0.05, 0) is 24.1 Å². The number of fused-ring (bicyclic) bond motifs is 1. The van der Waals surface area contributed by atoms with Gasteiger partial charge < -0.3 is 5.73 Å². The van der Waals surface area contributed by atoms with E-state index in [1.54, 1.807) is 12.1 Å². The van der Waals surface area contributed by atoms with E-state index in [0.29, 0.717) is 16.6 Å². The van der Waals surface area contributed by atoms with Gasteiger partial charge in [0.1, 0.15) is 11.3 Å². The number of nitrogens with zero attached hydrogens (tertiary/aromatic N) is 1. The monoisotopic (exact) mass is 282 g/mol. The minimum atomic E-state index is -0.340. The van der Waals surface area contributed by atoms with E-state index in [9.17, 15) is 4.39 Å². The Kier molecular flexibility index (Phi) is 2.84. The molecule has 84 valence electrons. The van der Waals surface area contributed by atoms with Crippen LogP contribution in [0.15, 0.2) is 22.7 Å². The first kappa shape index (κ1) is 11.3.